The molecular weight excluding hydrogens is 282 g/mol. The number of thiazole rings is 1. The van der Waals surface area contributed by atoms with Gasteiger partial charge in [-0.1, -0.05) is 18.2 Å². The van der Waals surface area contributed by atoms with Crippen LogP contribution in [0.1, 0.15) is 41.9 Å². The maximum Gasteiger partial charge on any atom is 0.268 e. The molecule has 1 amide bonds. The topological polar surface area (TPSA) is 59.2 Å². The van der Waals surface area contributed by atoms with Crippen LogP contribution >= 0.6 is 11.3 Å². The van der Waals surface area contributed by atoms with Gasteiger partial charge in [0.1, 0.15) is 10.7 Å². The van der Waals surface area contributed by atoms with Crippen molar-refractivity contribution < 1.29 is 4.79 Å². The second-order valence-corrected chi connectivity index (χ2v) is 6.30. The lowest BCUT2D eigenvalue weighted by molar-refractivity contribution is 0.0996. The molecule has 0 unspecified atom stereocenters. The summed E-state index contributed by atoms with van der Waals surface area (Å²) in [6.45, 7) is 4.60. The molecule has 1 saturated heterocycles. The molecule has 1 aromatic heterocycles. The van der Waals surface area contributed by atoms with Crippen LogP contribution in [-0.4, -0.2) is 28.9 Å². The Labute approximate surface area is 128 Å². The number of aromatic nitrogens is 1. The van der Waals surface area contributed by atoms with Gasteiger partial charge in [-0.15, -0.1) is 11.3 Å². The second-order valence-electron chi connectivity index (χ2n) is 5.45. The molecule has 2 heterocycles. The molecule has 1 aliphatic rings. The van der Waals surface area contributed by atoms with E-state index in [-0.39, 0.29) is 0 Å². The SMILES string of the molecule is C[C@H](c1cccc(-c2nc(C(N)=O)cs2)c1)N1CCCC1. The van der Waals surface area contributed by atoms with E-state index in [9.17, 15) is 4.79 Å². The largest absolute Gasteiger partial charge is 0.364 e. The summed E-state index contributed by atoms with van der Waals surface area (Å²) in [6.07, 6.45) is 2.58. The van der Waals surface area contributed by atoms with Crippen molar-refractivity contribution in [2.24, 2.45) is 5.73 Å². The minimum atomic E-state index is -0.473. The predicted octanol–water partition coefficient (Wildman–Crippen LogP) is 3.07. The normalized spacial score (nSPS) is 17.0. The Morgan fingerprint density at radius 3 is 2.81 bits per heavy atom. The average molecular weight is 301 g/mol. The minimum absolute atomic E-state index is 0.341. The van der Waals surface area contributed by atoms with Gasteiger partial charge in [-0.3, -0.25) is 9.69 Å². The van der Waals surface area contributed by atoms with Gasteiger partial charge in [0.25, 0.3) is 5.91 Å². The zero-order valence-electron chi connectivity index (χ0n) is 12.1. The van der Waals surface area contributed by atoms with Crippen molar-refractivity contribution in [2.75, 3.05) is 13.1 Å². The first-order valence-corrected chi connectivity index (χ1v) is 8.13. The Kier molecular flexibility index (Phi) is 4.03. The number of likely N-dealkylation sites (tertiary alicyclic amines) is 1. The third-order valence-corrected chi connectivity index (χ3v) is 4.95. The van der Waals surface area contributed by atoms with E-state index in [4.69, 9.17) is 5.73 Å². The van der Waals surface area contributed by atoms with E-state index in [2.05, 4.69) is 35.0 Å². The maximum atomic E-state index is 11.2. The standard InChI is InChI=1S/C16H19N3OS/c1-11(19-7-2-3-8-19)12-5-4-6-13(9-12)16-18-14(10-21-16)15(17)20/h4-6,9-11H,2-3,7-8H2,1H3,(H2,17,20)/t11-/m1/s1. The van der Waals surface area contributed by atoms with Crippen molar-refractivity contribution >= 4 is 17.2 Å². The molecule has 0 saturated carbocycles. The van der Waals surface area contributed by atoms with Crippen LogP contribution in [0.15, 0.2) is 29.6 Å². The van der Waals surface area contributed by atoms with Gasteiger partial charge in [0.05, 0.1) is 0 Å². The molecule has 0 spiro atoms. The molecule has 1 aliphatic heterocycles. The number of rotatable bonds is 4. The summed E-state index contributed by atoms with van der Waals surface area (Å²) in [5.74, 6) is -0.473. The first kappa shape index (κ1) is 14.2. The molecule has 4 nitrogen and oxygen atoms in total. The number of nitrogens with zero attached hydrogens (tertiary/aromatic N) is 2. The van der Waals surface area contributed by atoms with Crippen LogP contribution in [0, 0.1) is 0 Å². The van der Waals surface area contributed by atoms with Crippen LogP contribution in [0.4, 0.5) is 0 Å². The molecule has 1 aromatic carbocycles. The summed E-state index contributed by atoms with van der Waals surface area (Å²) >= 11 is 1.46. The van der Waals surface area contributed by atoms with E-state index < -0.39 is 5.91 Å². The summed E-state index contributed by atoms with van der Waals surface area (Å²) in [5.41, 5.74) is 7.95. The van der Waals surface area contributed by atoms with Crippen LogP contribution in [0.5, 0.6) is 0 Å². The fourth-order valence-corrected chi connectivity index (χ4v) is 3.60. The molecule has 2 aromatic rings. The molecule has 2 N–H and O–H groups in total. The fraction of sp³-hybridized carbons (Fsp3) is 0.375. The summed E-state index contributed by atoms with van der Waals surface area (Å²) in [5, 5.41) is 2.56. The van der Waals surface area contributed by atoms with Crippen LogP contribution in [-0.2, 0) is 0 Å². The van der Waals surface area contributed by atoms with Crippen molar-refractivity contribution in [1.29, 1.82) is 0 Å². The highest BCUT2D eigenvalue weighted by Gasteiger charge is 2.20. The average Bonchev–Trinajstić information content (AvgIpc) is 3.18. The number of hydrogen-bond donors (Lipinski definition) is 1. The van der Waals surface area contributed by atoms with E-state index in [0.29, 0.717) is 11.7 Å². The lowest BCUT2D eigenvalue weighted by Gasteiger charge is -2.24. The number of benzene rings is 1. The summed E-state index contributed by atoms with van der Waals surface area (Å²) in [6, 6.07) is 8.84. The van der Waals surface area contributed by atoms with E-state index in [1.54, 1.807) is 5.38 Å². The Balaban J connectivity index is 1.86. The smallest absolute Gasteiger partial charge is 0.268 e. The summed E-state index contributed by atoms with van der Waals surface area (Å²) in [4.78, 5) is 18.0. The lowest BCUT2D eigenvalue weighted by atomic mass is 10.0. The third kappa shape index (κ3) is 2.99. The summed E-state index contributed by atoms with van der Waals surface area (Å²) < 4.78 is 0. The van der Waals surface area contributed by atoms with Gasteiger partial charge in [-0.2, -0.15) is 0 Å². The van der Waals surface area contributed by atoms with Gasteiger partial charge >= 0.3 is 0 Å². The number of amides is 1. The highest BCUT2D eigenvalue weighted by molar-refractivity contribution is 7.13. The van der Waals surface area contributed by atoms with Crippen molar-refractivity contribution in [3.63, 3.8) is 0 Å². The Morgan fingerprint density at radius 2 is 2.14 bits per heavy atom. The zero-order valence-corrected chi connectivity index (χ0v) is 12.9. The highest BCUT2D eigenvalue weighted by Crippen LogP contribution is 2.29. The fourth-order valence-electron chi connectivity index (χ4n) is 2.79. The van der Waals surface area contributed by atoms with Crippen LogP contribution in [0.2, 0.25) is 0 Å². The Hall–Kier alpha value is -1.72. The Morgan fingerprint density at radius 1 is 1.38 bits per heavy atom. The van der Waals surface area contributed by atoms with Crippen molar-refractivity contribution in [3.8, 4) is 10.6 Å². The summed E-state index contributed by atoms with van der Waals surface area (Å²) in [7, 11) is 0. The van der Waals surface area contributed by atoms with Crippen molar-refractivity contribution in [3.05, 3.63) is 40.9 Å². The van der Waals surface area contributed by atoms with Crippen LogP contribution < -0.4 is 5.73 Å². The monoisotopic (exact) mass is 301 g/mol. The molecule has 1 fully saturated rings. The molecule has 5 heteroatoms. The van der Waals surface area contributed by atoms with Gasteiger partial charge in [-0.25, -0.2) is 4.98 Å². The van der Waals surface area contributed by atoms with Gasteiger partial charge in [0.2, 0.25) is 0 Å². The van der Waals surface area contributed by atoms with Crippen molar-refractivity contribution in [2.45, 2.75) is 25.8 Å². The first-order valence-electron chi connectivity index (χ1n) is 7.25. The Bertz CT molecular complexity index is 646. The van der Waals surface area contributed by atoms with E-state index in [1.807, 2.05) is 6.07 Å². The molecule has 0 radical (unpaired) electrons. The highest BCUT2D eigenvalue weighted by atomic mass is 32.1. The molecule has 0 bridgehead atoms. The lowest BCUT2D eigenvalue weighted by Crippen LogP contribution is -2.23. The number of carbonyl (C=O) groups excluding carboxylic acids is 1. The van der Waals surface area contributed by atoms with Crippen LogP contribution in [0.3, 0.4) is 0 Å². The van der Waals surface area contributed by atoms with E-state index in [0.717, 1.165) is 10.6 Å². The number of carbonyl (C=O) groups is 1. The van der Waals surface area contributed by atoms with Gasteiger partial charge in [0.15, 0.2) is 0 Å². The molecule has 0 aliphatic carbocycles. The quantitative estimate of drug-likeness (QED) is 0.944. The molecule has 110 valence electrons. The minimum Gasteiger partial charge on any atom is -0.364 e. The molecule has 21 heavy (non-hydrogen) atoms. The van der Waals surface area contributed by atoms with Gasteiger partial charge in [-0.05, 0) is 44.5 Å². The van der Waals surface area contributed by atoms with Crippen LogP contribution in [0.25, 0.3) is 10.6 Å². The predicted molar refractivity (Wildman–Crippen MR) is 85.3 cm³/mol. The zero-order chi connectivity index (χ0) is 14.8. The van der Waals surface area contributed by atoms with Gasteiger partial charge in [0, 0.05) is 17.0 Å². The number of nitrogens with two attached hydrogens (primary N) is 1. The first-order chi connectivity index (χ1) is 10.1. The van der Waals surface area contributed by atoms with E-state index in [1.165, 1.54) is 42.8 Å². The molecule has 1 atom stereocenters. The van der Waals surface area contributed by atoms with Gasteiger partial charge < -0.3 is 5.73 Å². The third-order valence-electron chi connectivity index (χ3n) is 4.06. The maximum absolute atomic E-state index is 11.2. The number of primary amides is 1. The second kappa shape index (κ2) is 5.95. The number of hydrogen-bond acceptors (Lipinski definition) is 4. The molecule has 3 rings (SSSR count). The van der Waals surface area contributed by atoms with E-state index >= 15 is 0 Å². The van der Waals surface area contributed by atoms with Crippen molar-refractivity contribution in [1.82, 2.24) is 9.88 Å². The molecular formula is C16H19N3OS.